The molecule has 0 bridgehead atoms. The minimum atomic E-state index is -0.402. The molecule has 0 saturated carbocycles. The summed E-state index contributed by atoms with van der Waals surface area (Å²) in [4.78, 5) is 30.3. The van der Waals surface area contributed by atoms with Gasteiger partial charge in [-0.2, -0.15) is 0 Å². The molecule has 150 valence electrons. The van der Waals surface area contributed by atoms with Crippen LogP contribution in [0.5, 0.6) is 5.75 Å². The van der Waals surface area contributed by atoms with E-state index in [1.54, 1.807) is 42.8 Å². The van der Waals surface area contributed by atoms with Gasteiger partial charge in [-0.15, -0.1) is 11.3 Å². The van der Waals surface area contributed by atoms with Crippen molar-refractivity contribution < 1.29 is 19.1 Å². The third-order valence-electron chi connectivity index (χ3n) is 4.05. The maximum Gasteiger partial charge on any atom is 0.310 e. The van der Waals surface area contributed by atoms with Gasteiger partial charge in [-0.1, -0.05) is 41.9 Å². The van der Waals surface area contributed by atoms with Crippen LogP contribution in [0.2, 0.25) is 5.02 Å². The summed E-state index contributed by atoms with van der Waals surface area (Å²) in [5, 5.41) is 2.75. The Hall–Kier alpha value is -2.90. The van der Waals surface area contributed by atoms with Gasteiger partial charge in [0.2, 0.25) is 5.91 Å². The Labute approximate surface area is 177 Å². The molecule has 0 aliphatic rings. The fourth-order valence-corrected chi connectivity index (χ4v) is 3.76. The topological polar surface area (TPSA) is 68.7 Å². The molecule has 0 aliphatic carbocycles. The molecule has 0 N–H and O–H groups in total. The molecule has 0 radical (unpaired) electrons. The number of thiazole rings is 1. The number of hydrogen-bond donors (Lipinski definition) is 0. The molecule has 0 aliphatic heterocycles. The van der Waals surface area contributed by atoms with Crippen molar-refractivity contribution in [1.29, 1.82) is 0 Å². The lowest BCUT2D eigenvalue weighted by Gasteiger charge is -2.20. The molecule has 8 heteroatoms. The Kier molecular flexibility index (Phi) is 6.85. The minimum Gasteiger partial charge on any atom is -0.495 e. The minimum absolute atomic E-state index is 0.0114. The zero-order valence-corrected chi connectivity index (χ0v) is 17.5. The second kappa shape index (κ2) is 9.54. The molecule has 1 aromatic heterocycles. The van der Waals surface area contributed by atoms with E-state index < -0.39 is 5.97 Å². The lowest BCUT2D eigenvalue weighted by Crippen LogP contribution is -2.23. The maximum atomic E-state index is 12.3. The molecule has 0 unspecified atom stereocenters. The summed E-state index contributed by atoms with van der Waals surface area (Å²) in [6, 6.07) is 14.3. The van der Waals surface area contributed by atoms with Crippen molar-refractivity contribution in [2.24, 2.45) is 0 Å². The van der Waals surface area contributed by atoms with E-state index in [0.29, 0.717) is 32.8 Å². The zero-order chi connectivity index (χ0) is 20.8. The number of aromatic nitrogens is 1. The number of rotatable bonds is 7. The summed E-state index contributed by atoms with van der Waals surface area (Å²) >= 11 is 7.35. The molecule has 6 nitrogen and oxygen atoms in total. The summed E-state index contributed by atoms with van der Waals surface area (Å²) in [5.41, 5.74) is 1.86. The van der Waals surface area contributed by atoms with E-state index in [4.69, 9.17) is 21.1 Å². The predicted molar refractivity (Wildman–Crippen MR) is 113 cm³/mol. The number of anilines is 2. The third-order valence-corrected chi connectivity index (χ3v) is 5.29. The Morgan fingerprint density at radius 1 is 1.14 bits per heavy atom. The first-order valence-corrected chi connectivity index (χ1v) is 10.0. The molecule has 3 aromatic rings. The van der Waals surface area contributed by atoms with E-state index in [9.17, 15) is 9.59 Å². The molecular weight excluding hydrogens is 412 g/mol. The number of benzene rings is 2. The monoisotopic (exact) mass is 430 g/mol. The number of nitrogens with zero attached hydrogens (tertiary/aromatic N) is 2. The zero-order valence-electron chi connectivity index (χ0n) is 15.9. The molecule has 0 spiro atoms. The number of carbonyl (C=O) groups is 2. The van der Waals surface area contributed by atoms with Gasteiger partial charge >= 0.3 is 5.97 Å². The summed E-state index contributed by atoms with van der Waals surface area (Å²) in [6.45, 7) is 1.47. The van der Waals surface area contributed by atoms with Crippen LogP contribution in [-0.4, -0.2) is 24.0 Å². The van der Waals surface area contributed by atoms with Gasteiger partial charge in [0.05, 0.1) is 24.9 Å². The molecule has 1 amide bonds. The van der Waals surface area contributed by atoms with Crippen molar-refractivity contribution in [1.82, 2.24) is 4.98 Å². The summed E-state index contributed by atoms with van der Waals surface area (Å²) in [7, 11) is 1.54. The van der Waals surface area contributed by atoms with E-state index in [1.807, 2.05) is 18.2 Å². The summed E-state index contributed by atoms with van der Waals surface area (Å²) in [6.07, 6.45) is 0.0808. The van der Waals surface area contributed by atoms with Crippen LogP contribution in [0.4, 0.5) is 10.8 Å². The van der Waals surface area contributed by atoms with Crippen LogP contribution in [0, 0.1) is 0 Å². The number of amides is 1. The Bertz CT molecular complexity index is 1020. The van der Waals surface area contributed by atoms with Gasteiger partial charge in [-0.25, -0.2) is 4.98 Å². The number of carbonyl (C=O) groups excluding carboxylic acids is 2. The van der Waals surface area contributed by atoms with E-state index in [2.05, 4.69) is 4.98 Å². The van der Waals surface area contributed by atoms with Crippen LogP contribution in [-0.2, 0) is 27.4 Å². The highest BCUT2D eigenvalue weighted by atomic mass is 35.5. The molecular formula is C21H19ClN2O4S. The largest absolute Gasteiger partial charge is 0.495 e. The number of ether oxygens (including phenoxy) is 2. The van der Waals surface area contributed by atoms with Gasteiger partial charge in [0.25, 0.3) is 0 Å². The molecule has 0 saturated heterocycles. The number of hydrogen-bond acceptors (Lipinski definition) is 6. The first kappa shape index (κ1) is 20.8. The van der Waals surface area contributed by atoms with E-state index >= 15 is 0 Å². The third kappa shape index (κ3) is 5.13. The highest BCUT2D eigenvalue weighted by molar-refractivity contribution is 7.14. The Morgan fingerprint density at radius 3 is 2.59 bits per heavy atom. The first-order valence-electron chi connectivity index (χ1n) is 8.76. The number of esters is 1. The smallest absolute Gasteiger partial charge is 0.310 e. The van der Waals surface area contributed by atoms with Crippen molar-refractivity contribution in [3.8, 4) is 5.75 Å². The molecule has 1 heterocycles. The van der Waals surface area contributed by atoms with Crippen LogP contribution >= 0.6 is 22.9 Å². The van der Waals surface area contributed by atoms with Crippen molar-refractivity contribution in [2.75, 3.05) is 12.0 Å². The van der Waals surface area contributed by atoms with Crippen molar-refractivity contribution >= 4 is 45.6 Å². The predicted octanol–water partition coefficient (Wildman–Crippen LogP) is 4.78. The molecule has 29 heavy (non-hydrogen) atoms. The van der Waals surface area contributed by atoms with Gasteiger partial charge in [0, 0.05) is 17.3 Å². The second-order valence-electron chi connectivity index (χ2n) is 6.08. The van der Waals surface area contributed by atoms with Crippen LogP contribution in [0.1, 0.15) is 18.2 Å². The van der Waals surface area contributed by atoms with Crippen LogP contribution in [0.15, 0.2) is 53.9 Å². The molecule has 3 rings (SSSR count). The molecule has 0 atom stereocenters. The van der Waals surface area contributed by atoms with Gasteiger partial charge in [-0.05, 0) is 23.8 Å². The van der Waals surface area contributed by atoms with E-state index in [-0.39, 0.29) is 18.9 Å². The average molecular weight is 431 g/mol. The molecule has 0 fully saturated rings. The standard InChI is InChI=1S/C21H19ClN2O4S/c1-14(25)24(18-9-5-6-10-19(18)27-2)21-23-16(13-29-21)12-28-20(26)11-15-7-3-4-8-17(15)22/h3-10,13H,11-12H2,1-2H3. The highest BCUT2D eigenvalue weighted by Gasteiger charge is 2.21. The van der Waals surface area contributed by atoms with Crippen LogP contribution in [0.3, 0.4) is 0 Å². The SMILES string of the molecule is COc1ccccc1N(C(C)=O)c1nc(COC(=O)Cc2ccccc2Cl)cs1. The fraction of sp³-hybridized carbons (Fsp3) is 0.190. The van der Waals surface area contributed by atoms with Crippen LogP contribution in [0.25, 0.3) is 0 Å². The van der Waals surface area contributed by atoms with Crippen molar-refractivity contribution in [3.05, 3.63) is 70.2 Å². The van der Waals surface area contributed by atoms with E-state index in [0.717, 1.165) is 0 Å². The van der Waals surface area contributed by atoms with Crippen LogP contribution < -0.4 is 9.64 Å². The van der Waals surface area contributed by atoms with Gasteiger partial charge in [0.15, 0.2) is 5.13 Å². The summed E-state index contributed by atoms with van der Waals surface area (Å²) in [5.74, 6) is -0.0439. The lowest BCUT2D eigenvalue weighted by atomic mass is 10.1. The lowest BCUT2D eigenvalue weighted by molar-refractivity contribution is -0.144. The fourth-order valence-electron chi connectivity index (χ4n) is 2.69. The summed E-state index contributed by atoms with van der Waals surface area (Å²) < 4.78 is 10.7. The normalized spacial score (nSPS) is 10.4. The van der Waals surface area contributed by atoms with Crippen molar-refractivity contribution in [3.63, 3.8) is 0 Å². The quantitative estimate of drug-likeness (QED) is 0.505. The Morgan fingerprint density at radius 2 is 1.86 bits per heavy atom. The first-order chi connectivity index (χ1) is 14.0. The second-order valence-corrected chi connectivity index (χ2v) is 7.32. The number of halogens is 1. The van der Waals surface area contributed by atoms with Crippen molar-refractivity contribution in [2.45, 2.75) is 20.0 Å². The van der Waals surface area contributed by atoms with Gasteiger partial charge in [0.1, 0.15) is 12.4 Å². The van der Waals surface area contributed by atoms with Gasteiger partial charge < -0.3 is 9.47 Å². The Balaban J connectivity index is 1.70. The number of methoxy groups -OCH3 is 1. The van der Waals surface area contributed by atoms with Gasteiger partial charge in [-0.3, -0.25) is 14.5 Å². The average Bonchev–Trinajstić information content (AvgIpc) is 3.17. The molecule has 2 aromatic carbocycles. The highest BCUT2D eigenvalue weighted by Crippen LogP contribution is 2.35. The van der Waals surface area contributed by atoms with E-state index in [1.165, 1.54) is 23.2 Å². The number of para-hydroxylation sites is 2. The maximum absolute atomic E-state index is 12.3.